The van der Waals surface area contributed by atoms with Crippen molar-refractivity contribution in [1.82, 2.24) is 4.90 Å². The van der Waals surface area contributed by atoms with Gasteiger partial charge in [0.05, 0.1) is 6.54 Å². The van der Waals surface area contributed by atoms with E-state index in [9.17, 15) is 9.59 Å². The van der Waals surface area contributed by atoms with Crippen molar-refractivity contribution in [3.05, 3.63) is 35.9 Å². The van der Waals surface area contributed by atoms with Gasteiger partial charge in [-0.2, -0.15) is 0 Å². The number of amides is 1. The van der Waals surface area contributed by atoms with Gasteiger partial charge in [0.25, 0.3) is 0 Å². The summed E-state index contributed by atoms with van der Waals surface area (Å²) in [5.74, 6) is 0.537. The quantitative estimate of drug-likeness (QED) is 0.764. The number of benzene rings is 1. The fourth-order valence-corrected chi connectivity index (χ4v) is 2.52. The molecule has 1 aliphatic heterocycles. The van der Waals surface area contributed by atoms with E-state index in [2.05, 4.69) is 13.8 Å². The van der Waals surface area contributed by atoms with Gasteiger partial charge < -0.3 is 4.90 Å². The molecule has 1 amide bonds. The molecule has 0 N–H and O–H groups in total. The Balaban J connectivity index is 2.08. The topological polar surface area (TPSA) is 37.4 Å². The average Bonchev–Trinajstić information content (AvgIpc) is 2.72. The van der Waals surface area contributed by atoms with E-state index < -0.39 is 0 Å². The minimum absolute atomic E-state index is 0.0245. The molecule has 0 aromatic heterocycles. The maximum atomic E-state index is 12.1. The van der Waals surface area contributed by atoms with Crippen LogP contribution in [0.25, 0.3) is 0 Å². The number of rotatable bonds is 4. The van der Waals surface area contributed by atoms with Crippen molar-refractivity contribution in [1.29, 1.82) is 0 Å². The summed E-state index contributed by atoms with van der Waals surface area (Å²) in [4.78, 5) is 25.7. The summed E-state index contributed by atoms with van der Waals surface area (Å²) >= 11 is 0. The molecule has 0 bridgehead atoms. The van der Waals surface area contributed by atoms with Gasteiger partial charge in [-0.05, 0) is 12.3 Å². The summed E-state index contributed by atoms with van der Waals surface area (Å²) in [5, 5.41) is 0. The molecule has 1 aromatic rings. The van der Waals surface area contributed by atoms with E-state index in [0.717, 1.165) is 6.42 Å². The fourth-order valence-electron chi connectivity index (χ4n) is 2.52. The lowest BCUT2D eigenvalue weighted by molar-refractivity contribution is -0.129. The molecule has 1 aliphatic rings. The first-order chi connectivity index (χ1) is 8.59. The SMILES string of the molecule is CC(C)[C@@H]1CCC(=O)N1CC(=O)c1ccccc1. The zero-order valence-electron chi connectivity index (χ0n) is 10.9. The number of nitrogens with zero attached hydrogens (tertiary/aromatic N) is 1. The molecule has 0 spiro atoms. The van der Waals surface area contributed by atoms with Crippen molar-refractivity contribution < 1.29 is 9.59 Å². The van der Waals surface area contributed by atoms with Crippen LogP contribution in [-0.2, 0) is 4.79 Å². The van der Waals surface area contributed by atoms with Crippen LogP contribution >= 0.6 is 0 Å². The molecule has 0 aliphatic carbocycles. The van der Waals surface area contributed by atoms with Gasteiger partial charge in [-0.25, -0.2) is 0 Å². The van der Waals surface area contributed by atoms with Crippen LogP contribution in [0.5, 0.6) is 0 Å². The fraction of sp³-hybridized carbons (Fsp3) is 0.467. The van der Waals surface area contributed by atoms with E-state index in [1.807, 2.05) is 18.2 Å². The van der Waals surface area contributed by atoms with Crippen LogP contribution in [0.15, 0.2) is 30.3 Å². The molecule has 96 valence electrons. The van der Waals surface area contributed by atoms with Crippen LogP contribution < -0.4 is 0 Å². The van der Waals surface area contributed by atoms with E-state index >= 15 is 0 Å². The second-order valence-corrected chi connectivity index (χ2v) is 5.16. The van der Waals surface area contributed by atoms with Crippen molar-refractivity contribution in [2.24, 2.45) is 5.92 Å². The van der Waals surface area contributed by atoms with E-state index in [1.165, 1.54) is 0 Å². The van der Waals surface area contributed by atoms with Crippen molar-refractivity contribution in [2.45, 2.75) is 32.7 Å². The third-order valence-corrected chi connectivity index (χ3v) is 3.55. The van der Waals surface area contributed by atoms with Crippen molar-refractivity contribution in [3.8, 4) is 0 Å². The summed E-state index contributed by atoms with van der Waals surface area (Å²) in [5.41, 5.74) is 0.680. The molecule has 3 heteroatoms. The third-order valence-electron chi connectivity index (χ3n) is 3.55. The van der Waals surface area contributed by atoms with Gasteiger partial charge in [0.2, 0.25) is 5.91 Å². The first-order valence-electron chi connectivity index (χ1n) is 6.47. The van der Waals surface area contributed by atoms with Crippen molar-refractivity contribution in [3.63, 3.8) is 0 Å². The van der Waals surface area contributed by atoms with Crippen molar-refractivity contribution in [2.75, 3.05) is 6.54 Å². The average molecular weight is 245 g/mol. The second kappa shape index (κ2) is 5.34. The number of carbonyl (C=O) groups is 2. The Morgan fingerprint density at radius 3 is 2.61 bits per heavy atom. The Hall–Kier alpha value is -1.64. The minimum atomic E-state index is 0.0245. The molecule has 0 radical (unpaired) electrons. The van der Waals surface area contributed by atoms with Gasteiger partial charge in [0, 0.05) is 18.0 Å². The number of ketones is 1. The van der Waals surface area contributed by atoms with Crippen LogP contribution in [0.2, 0.25) is 0 Å². The molecule has 1 atom stereocenters. The third kappa shape index (κ3) is 2.61. The highest BCUT2D eigenvalue weighted by Gasteiger charge is 2.33. The number of hydrogen-bond acceptors (Lipinski definition) is 2. The first-order valence-corrected chi connectivity index (χ1v) is 6.47. The molecule has 0 unspecified atom stereocenters. The Kier molecular flexibility index (Phi) is 3.80. The van der Waals surface area contributed by atoms with Gasteiger partial charge in [-0.3, -0.25) is 9.59 Å². The Bertz CT molecular complexity index is 439. The lowest BCUT2D eigenvalue weighted by atomic mass is 10.0. The molecule has 1 saturated heterocycles. The maximum absolute atomic E-state index is 12.1. The molecule has 18 heavy (non-hydrogen) atoms. The van der Waals surface area contributed by atoms with Crippen molar-refractivity contribution >= 4 is 11.7 Å². The zero-order valence-corrected chi connectivity index (χ0v) is 10.9. The Morgan fingerprint density at radius 2 is 2.00 bits per heavy atom. The summed E-state index contributed by atoms with van der Waals surface area (Å²) in [7, 11) is 0. The molecule has 1 aromatic carbocycles. The highest BCUT2D eigenvalue weighted by atomic mass is 16.2. The van der Waals surface area contributed by atoms with Gasteiger partial charge in [-0.1, -0.05) is 44.2 Å². The van der Waals surface area contributed by atoms with Crippen LogP contribution in [0.3, 0.4) is 0 Å². The number of Topliss-reactive ketones (excluding diaryl/α,β-unsaturated/α-hetero) is 1. The minimum Gasteiger partial charge on any atom is -0.332 e. The summed E-state index contributed by atoms with van der Waals surface area (Å²) in [6.45, 7) is 4.41. The predicted octanol–water partition coefficient (Wildman–Crippen LogP) is 2.52. The van der Waals surface area contributed by atoms with E-state index in [0.29, 0.717) is 17.9 Å². The summed E-state index contributed by atoms with van der Waals surface area (Å²) in [6, 6.07) is 9.39. The Morgan fingerprint density at radius 1 is 1.33 bits per heavy atom. The summed E-state index contributed by atoms with van der Waals surface area (Å²) < 4.78 is 0. The van der Waals surface area contributed by atoms with Crippen LogP contribution in [0.4, 0.5) is 0 Å². The number of hydrogen-bond donors (Lipinski definition) is 0. The predicted molar refractivity (Wildman–Crippen MR) is 70.3 cm³/mol. The van der Waals surface area contributed by atoms with Gasteiger partial charge >= 0.3 is 0 Å². The molecular weight excluding hydrogens is 226 g/mol. The molecule has 1 heterocycles. The maximum Gasteiger partial charge on any atom is 0.223 e. The number of carbonyl (C=O) groups excluding carboxylic acids is 2. The standard InChI is InChI=1S/C15H19NO2/c1-11(2)13-8-9-15(18)16(13)10-14(17)12-6-4-3-5-7-12/h3-7,11,13H,8-10H2,1-2H3/t13-/m0/s1. The molecule has 1 fully saturated rings. The number of likely N-dealkylation sites (tertiary alicyclic amines) is 1. The van der Waals surface area contributed by atoms with E-state index in [4.69, 9.17) is 0 Å². The highest BCUT2D eigenvalue weighted by Crippen LogP contribution is 2.24. The zero-order chi connectivity index (χ0) is 13.1. The summed E-state index contributed by atoms with van der Waals surface area (Å²) in [6.07, 6.45) is 1.45. The molecule has 0 saturated carbocycles. The normalized spacial score (nSPS) is 19.6. The molecular formula is C15H19NO2. The Labute approximate surface area is 108 Å². The lowest BCUT2D eigenvalue weighted by Gasteiger charge is -2.27. The molecule has 3 nitrogen and oxygen atoms in total. The van der Waals surface area contributed by atoms with Gasteiger partial charge in [-0.15, -0.1) is 0 Å². The molecule has 2 rings (SSSR count). The van der Waals surface area contributed by atoms with Gasteiger partial charge in [0.1, 0.15) is 0 Å². The highest BCUT2D eigenvalue weighted by molar-refractivity contribution is 5.99. The lowest BCUT2D eigenvalue weighted by Crippen LogP contribution is -2.40. The van der Waals surface area contributed by atoms with E-state index in [1.54, 1.807) is 17.0 Å². The van der Waals surface area contributed by atoms with Crippen LogP contribution in [0, 0.1) is 5.92 Å². The van der Waals surface area contributed by atoms with Crippen LogP contribution in [-0.4, -0.2) is 29.2 Å². The first kappa shape index (κ1) is 12.8. The van der Waals surface area contributed by atoms with Gasteiger partial charge in [0.15, 0.2) is 5.78 Å². The second-order valence-electron chi connectivity index (χ2n) is 5.16. The largest absolute Gasteiger partial charge is 0.332 e. The van der Waals surface area contributed by atoms with Crippen LogP contribution in [0.1, 0.15) is 37.0 Å². The monoisotopic (exact) mass is 245 g/mol. The smallest absolute Gasteiger partial charge is 0.223 e. The van der Waals surface area contributed by atoms with E-state index in [-0.39, 0.29) is 24.3 Å².